The van der Waals surface area contributed by atoms with E-state index in [2.05, 4.69) is 10.3 Å². The second kappa shape index (κ2) is 4.25. The van der Waals surface area contributed by atoms with Gasteiger partial charge in [0.2, 0.25) is 0 Å². The van der Waals surface area contributed by atoms with E-state index in [4.69, 9.17) is 10.5 Å². The van der Waals surface area contributed by atoms with Crippen molar-refractivity contribution < 1.29 is 9.53 Å². The summed E-state index contributed by atoms with van der Waals surface area (Å²) in [6.07, 6.45) is 0. The molecule has 0 spiro atoms. The number of carbonyl (C=O) groups is 1. The second-order valence-corrected chi connectivity index (χ2v) is 3.47. The van der Waals surface area contributed by atoms with Gasteiger partial charge in [0, 0.05) is 0 Å². The van der Waals surface area contributed by atoms with Crippen LogP contribution < -0.4 is 10.5 Å². The predicted molar refractivity (Wildman–Crippen MR) is 61.2 cm³/mol. The van der Waals surface area contributed by atoms with Crippen LogP contribution in [0.25, 0.3) is 5.69 Å². The number of aromatic nitrogens is 3. The molecule has 1 aromatic carbocycles. The van der Waals surface area contributed by atoms with Gasteiger partial charge in [-0.1, -0.05) is 17.3 Å². The summed E-state index contributed by atoms with van der Waals surface area (Å²) in [5, 5.41) is 7.65. The zero-order chi connectivity index (χ0) is 12.4. The number of benzene rings is 1. The fourth-order valence-corrected chi connectivity index (χ4v) is 1.59. The van der Waals surface area contributed by atoms with E-state index in [0.29, 0.717) is 17.1 Å². The molecule has 0 bridgehead atoms. The average molecular weight is 232 g/mol. The van der Waals surface area contributed by atoms with Gasteiger partial charge in [-0.2, -0.15) is 0 Å². The Kier molecular flexibility index (Phi) is 2.78. The first-order valence-electron chi connectivity index (χ1n) is 5.00. The van der Waals surface area contributed by atoms with E-state index in [-0.39, 0.29) is 5.69 Å². The van der Waals surface area contributed by atoms with Gasteiger partial charge in [-0.25, -0.2) is 4.68 Å². The molecular formula is C11H12N4O2. The number of hydrogen-bond donors (Lipinski definition) is 1. The molecule has 0 fully saturated rings. The van der Waals surface area contributed by atoms with Crippen molar-refractivity contribution in [1.82, 2.24) is 15.0 Å². The number of rotatable bonds is 3. The molecule has 0 aliphatic heterocycles. The Hall–Kier alpha value is -2.37. The second-order valence-electron chi connectivity index (χ2n) is 3.47. The highest BCUT2D eigenvalue weighted by molar-refractivity contribution is 5.91. The monoisotopic (exact) mass is 232 g/mol. The third-order valence-corrected chi connectivity index (χ3v) is 2.44. The highest BCUT2D eigenvalue weighted by Crippen LogP contribution is 2.22. The predicted octanol–water partition coefficient (Wildman–Crippen LogP) is 0.683. The smallest absolute Gasteiger partial charge is 0.271 e. The normalized spacial score (nSPS) is 10.2. The standard InChI is InChI=1S/C11H12N4O2/c1-7-10(11(12)16)13-14-15(7)8-5-3-4-6-9(8)17-2/h3-6H,1-2H3,(H2,12,16). The van der Waals surface area contributed by atoms with Gasteiger partial charge in [0.1, 0.15) is 11.4 Å². The Morgan fingerprint density at radius 2 is 2.12 bits per heavy atom. The first kappa shape index (κ1) is 11.1. The van der Waals surface area contributed by atoms with Crippen LogP contribution in [0.1, 0.15) is 16.2 Å². The lowest BCUT2D eigenvalue weighted by molar-refractivity contribution is 0.0995. The minimum atomic E-state index is -0.594. The van der Waals surface area contributed by atoms with Crippen molar-refractivity contribution in [1.29, 1.82) is 0 Å². The first-order chi connectivity index (χ1) is 8.15. The fraction of sp³-hybridized carbons (Fsp3) is 0.182. The number of para-hydroxylation sites is 2. The van der Waals surface area contributed by atoms with Crippen molar-refractivity contribution in [2.45, 2.75) is 6.92 Å². The lowest BCUT2D eigenvalue weighted by Crippen LogP contribution is -2.13. The van der Waals surface area contributed by atoms with Crippen molar-refractivity contribution in [3.63, 3.8) is 0 Å². The molecule has 88 valence electrons. The minimum absolute atomic E-state index is 0.163. The minimum Gasteiger partial charge on any atom is -0.494 e. The van der Waals surface area contributed by atoms with Crippen LogP contribution in [-0.4, -0.2) is 28.0 Å². The third-order valence-electron chi connectivity index (χ3n) is 2.44. The SMILES string of the molecule is COc1ccccc1-n1nnc(C(N)=O)c1C. The van der Waals surface area contributed by atoms with Crippen LogP contribution in [0.15, 0.2) is 24.3 Å². The molecule has 2 aromatic rings. The first-order valence-corrected chi connectivity index (χ1v) is 5.00. The number of ether oxygens (including phenoxy) is 1. The number of primary amides is 1. The maximum Gasteiger partial charge on any atom is 0.271 e. The molecule has 0 radical (unpaired) electrons. The van der Waals surface area contributed by atoms with E-state index >= 15 is 0 Å². The van der Waals surface area contributed by atoms with Gasteiger partial charge < -0.3 is 10.5 Å². The molecule has 2 rings (SSSR count). The Balaban J connectivity index is 2.57. The molecular weight excluding hydrogens is 220 g/mol. The summed E-state index contributed by atoms with van der Waals surface area (Å²) >= 11 is 0. The van der Waals surface area contributed by atoms with Crippen LogP contribution in [0, 0.1) is 6.92 Å². The van der Waals surface area contributed by atoms with Gasteiger partial charge in [-0.05, 0) is 19.1 Å². The van der Waals surface area contributed by atoms with E-state index in [9.17, 15) is 4.79 Å². The lowest BCUT2D eigenvalue weighted by atomic mass is 10.2. The molecule has 1 amide bonds. The molecule has 0 aliphatic carbocycles. The summed E-state index contributed by atoms with van der Waals surface area (Å²) in [7, 11) is 1.57. The van der Waals surface area contributed by atoms with E-state index in [1.807, 2.05) is 18.2 Å². The van der Waals surface area contributed by atoms with Gasteiger partial charge in [-0.15, -0.1) is 5.10 Å². The third kappa shape index (κ3) is 1.84. The van der Waals surface area contributed by atoms with Gasteiger partial charge in [-0.3, -0.25) is 4.79 Å². The molecule has 2 N–H and O–H groups in total. The molecule has 0 unspecified atom stereocenters. The number of carbonyl (C=O) groups excluding carboxylic acids is 1. The molecule has 17 heavy (non-hydrogen) atoms. The average Bonchev–Trinajstić information content (AvgIpc) is 2.71. The van der Waals surface area contributed by atoms with Gasteiger partial charge in [0.05, 0.1) is 12.8 Å². The number of nitrogens with zero attached hydrogens (tertiary/aromatic N) is 3. The van der Waals surface area contributed by atoms with Gasteiger partial charge >= 0.3 is 0 Å². The maximum atomic E-state index is 11.1. The van der Waals surface area contributed by atoms with Crippen LogP contribution in [0.4, 0.5) is 0 Å². The molecule has 1 aromatic heterocycles. The zero-order valence-corrected chi connectivity index (χ0v) is 9.54. The fourth-order valence-electron chi connectivity index (χ4n) is 1.59. The van der Waals surface area contributed by atoms with Crippen LogP contribution >= 0.6 is 0 Å². The Bertz CT molecular complexity index is 562. The van der Waals surface area contributed by atoms with Crippen LogP contribution in [0.5, 0.6) is 5.75 Å². The molecule has 6 nitrogen and oxygen atoms in total. The van der Waals surface area contributed by atoms with E-state index < -0.39 is 5.91 Å². The summed E-state index contributed by atoms with van der Waals surface area (Å²) in [6, 6.07) is 7.33. The summed E-state index contributed by atoms with van der Waals surface area (Å²) in [6.45, 7) is 1.73. The van der Waals surface area contributed by atoms with Crippen molar-refractivity contribution in [2.75, 3.05) is 7.11 Å². The van der Waals surface area contributed by atoms with Crippen LogP contribution in [0.3, 0.4) is 0 Å². The summed E-state index contributed by atoms with van der Waals surface area (Å²) in [4.78, 5) is 11.1. The van der Waals surface area contributed by atoms with Crippen LogP contribution in [-0.2, 0) is 0 Å². The molecule has 6 heteroatoms. The lowest BCUT2D eigenvalue weighted by Gasteiger charge is -2.08. The Morgan fingerprint density at radius 3 is 2.71 bits per heavy atom. The zero-order valence-electron chi connectivity index (χ0n) is 9.54. The van der Waals surface area contributed by atoms with Gasteiger partial charge in [0.25, 0.3) is 5.91 Å². The van der Waals surface area contributed by atoms with E-state index in [1.165, 1.54) is 4.68 Å². The highest BCUT2D eigenvalue weighted by Gasteiger charge is 2.16. The van der Waals surface area contributed by atoms with E-state index in [0.717, 1.165) is 0 Å². The number of hydrogen-bond acceptors (Lipinski definition) is 4. The molecule has 1 heterocycles. The van der Waals surface area contributed by atoms with Crippen LogP contribution in [0.2, 0.25) is 0 Å². The van der Waals surface area contributed by atoms with Crippen molar-refractivity contribution in [3.05, 3.63) is 35.7 Å². The largest absolute Gasteiger partial charge is 0.494 e. The molecule has 0 atom stereocenters. The topological polar surface area (TPSA) is 83.0 Å². The Morgan fingerprint density at radius 1 is 1.41 bits per heavy atom. The number of methoxy groups -OCH3 is 1. The molecule has 0 aliphatic rings. The summed E-state index contributed by atoms with van der Waals surface area (Å²) in [5.74, 6) is 0.0557. The number of amides is 1. The van der Waals surface area contributed by atoms with Gasteiger partial charge in [0.15, 0.2) is 5.69 Å². The van der Waals surface area contributed by atoms with Crippen molar-refractivity contribution >= 4 is 5.91 Å². The van der Waals surface area contributed by atoms with E-state index in [1.54, 1.807) is 20.1 Å². The highest BCUT2D eigenvalue weighted by atomic mass is 16.5. The van der Waals surface area contributed by atoms with Crippen molar-refractivity contribution in [2.24, 2.45) is 5.73 Å². The molecule has 0 saturated carbocycles. The maximum absolute atomic E-state index is 11.1. The summed E-state index contributed by atoms with van der Waals surface area (Å²) in [5.41, 5.74) is 6.65. The summed E-state index contributed by atoms with van der Waals surface area (Å²) < 4.78 is 6.75. The Labute approximate surface area is 98.0 Å². The number of nitrogens with two attached hydrogens (primary N) is 1. The molecule has 0 saturated heterocycles. The quantitative estimate of drug-likeness (QED) is 0.843. The van der Waals surface area contributed by atoms with Crippen molar-refractivity contribution in [3.8, 4) is 11.4 Å².